The predicted molar refractivity (Wildman–Crippen MR) is 126 cm³/mol. The summed E-state index contributed by atoms with van der Waals surface area (Å²) in [6, 6.07) is 15.0. The number of hydrazone groups is 1. The van der Waals surface area contributed by atoms with E-state index in [1.165, 1.54) is 31.4 Å². The van der Waals surface area contributed by atoms with E-state index in [9.17, 15) is 14.4 Å². The van der Waals surface area contributed by atoms with Crippen LogP contribution in [0.2, 0.25) is 0 Å². The van der Waals surface area contributed by atoms with Crippen molar-refractivity contribution in [1.29, 1.82) is 0 Å². The first-order valence-electron chi connectivity index (χ1n) is 11.0. The fourth-order valence-corrected chi connectivity index (χ4v) is 3.73. The summed E-state index contributed by atoms with van der Waals surface area (Å²) in [5, 5.41) is 4.27. The zero-order chi connectivity index (χ0) is 24.8. The number of benzene rings is 2. The molecule has 0 aliphatic heterocycles. The molecule has 1 aliphatic rings. The maximum atomic E-state index is 12.8. The van der Waals surface area contributed by atoms with Crippen molar-refractivity contribution in [2.75, 3.05) is 13.7 Å². The highest BCUT2D eigenvalue weighted by molar-refractivity contribution is 6.06. The minimum absolute atomic E-state index is 0.0698. The van der Waals surface area contributed by atoms with Crippen molar-refractivity contribution in [3.05, 3.63) is 82.8 Å². The van der Waals surface area contributed by atoms with Gasteiger partial charge in [-0.05, 0) is 56.2 Å². The van der Waals surface area contributed by atoms with E-state index in [1.54, 1.807) is 19.1 Å². The van der Waals surface area contributed by atoms with Crippen molar-refractivity contribution in [2.45, 2.75) is 26.2 Å². The fraction of sp³-hybridized carbons (Fsp3) is 0.231. The number of methoxy groups -OCH3 is 1. The van der Waals surface area contributed by atoms with Gasteiger partial charge < -0.3 is 18.6 Å². The minimum Gasteiger partial charge on any atom is -0.484 e. The summed E-state index contributed by atoms with van der Waals surface area (Å²) in [6.07, 6.45) is 2.02. The standard InChI is InChI=1S/C26H24N2O7/c1-16-23-20(27-28-22(29)15-33-18-7-4-3-5-8-18)9-6-10-21(23)35-24(16)26(31)34-19-13-11-17(12-14-19)25(30)32-2/h3-5,7-8,11-14H,6,9-10,15H2,1-2H3,(H,28,29)/b27-20+. The number of amides is 1. The summed E-state index contributed by atoms with van der Waals surface area (Å²) in [7, 11) is 1.29. The van der Waals surface area contributed by atoms with Gasteiger partial charge in [-0.2, -0.15) is 5.10 Å². The summed E-state index contributed by atoms with van der Waals surface area (Å²) in [4.78, 5) is 36.5. The quantitative estimate of drug-likeness (QED) is 0.313. The van der Waals surface area contributed by atoms with Gasteiger partial charge in [-0.3, -0.25) is 4.79 Å². The highest BCUT2D eigenvalue weighted by Crippen LogP contribution is 2.30. The van der Waals surface area contributed by atoms with Gasteiger partial charge in [0.25, 0.3) is 5.91 Å². The maximum absolute atomic E-state index is 12.8. The Morgan fingerprint density at radius 3 is 2.43 bits per heavy atom. The van der Waals surface area contributed by atoms with Crippen LogP contribution < -0.4 is 14.9 Å². The van der Waals surface area contributed by atoms with Crippen LogP contribution >= 0.6 is 0 Å². The first kappa shape index (κ1) is 23.7. The van der Waals surface area contributed by atoms with Crippen LogP contribution in [0.5, 0.6) is 11.5 Å². The smallest absolute Gasteiger partial charge is 0.379 e. The molecule has 0 saturated carbocycles. The predicted octanol–water partition coefficient (Wildman–Crippen LogP) is 3.83. The Labute approximate surface area is 201 Å². The van der Waals surface area contributed by atoms with E-state index in [1.807, 2.05) is 18.2 Å². The van der Waals surface area contributed by atoms with Crippen LogP contribution in [-0.4, -0.2) is 37.3 Å². The molecule has 180 valence electrons. The number of para-hydroxylation sites is 1. The van der Waals surface area contributed by atoms with Crippen molar-refractivity contribution in [3.8, 4) is 11.5 Å². The van der Waals surface area contributed by atoms with E-state index in [0.29, 0.717) is 46.8 Å². The summed E-state index contributed by atoms with van der Waals surface area (Å²) in [6.45, 7) is 1.57. The minimum atomic E-state index is -0.664. The number of esters is 2. The third-order valence-corrected chi connectivity index (χ3v) is 5.43. The molecule has 0 saturated heterocycles. The van der Waals surface area contributed by atoms with Gasteiger partial charge in [0.15, 0.2) is 6.61 Å². The highest BCUT2D eigenvalue weighted by Gasteiger charge is 2.29. The second-order valence-electron chi connectivity index (χ2n) is 7.81. The van der Waals surface area contributed by atoms with E-state index in [0.717, 1.165) is 6.42 Å². The Bertz CT molecular complexity index is 1260. The number of ether oxygens (including phenoxy) is 3. The molecule has 1 N–H and O–H groups in total. The molecule has 9 nitrogen and oxygen atoms in total. The Kier molecular flexibility index (Phi) is 7.25. The largest absolute Gasteiger partial charge is 0.484 e. The molecule has 1 aliphatic carbocycles. The second-order valence-corrected chi connectivity index (χ2v) is 7.81. The molecule has 1 aromatic heterocycles. The van der Waals surface area contributed by atoms with Crippen LogP contribution in [-0.2, 0) is 16.0 Å². The molecule has 0 unspecified atom stereocenters. The van der Waals surface area contributed by atoms with Crippen LogP contribution in [0.1, 0.15) is 50.6 Å². The topological polar surface area (TPSA) is 116 Å². The average molecular weight is 476 g/mol. The molecule has 1 amide bonds. The third kappa shape index (κ3) is 5.57. The van der Waals surface area contributed by atoms with E-state index < -0.39 is 17.8 Å². The van der Waals surface area contributed by atoms with E-state index in [4.69, 9.17) is 13.9 Å². The monoisotopic (exact) mass is 476 g/mol. The third-order valence-electron chi connectivity index (χ3n) is 5.43. The number of nitrogens with one attached hydrogen (secondary N) is 1. The molecule has 0 atom stereocenters. The molecule has 0 radical (unpaired) electrons. The number of rotatable bonds is 7. The highest BCUT2D eigenvalue weighted by atomic mass is 16.5. The van der Waals surface area contributed by atoms with Crippen molar-refractivity contribution >= 4 is 23.6 Å². The molecule has 4 rings (SSSR count). The molecule has 0 fully saturated rings. The lowest BCUT2D eigenvalue weighted by Crippen LogP contribution is -2.27. The van der Waals surface area contributed by atoms with Gasteiger partial charge >= 0.3 is 11.9 Å². The fourth-order valence-electron chi connectivity index (χ4n) is 3.73. The van der Waals surface area contributed by atoms with Crippen molar-refractivity contribution in [2.24, 2.45) is 5.10 Å². The lowest BCUT2D eigenvalue weighted by Gasteiger charge is -2.13. The molecule has 35 heavy (non-hydrogen) atoms. The second kappa shape index (κ2) is 10.7. The van der Waals surface area contributed by atoms with Gasteiger partial charge in [0.2, 0.25) is 5.76 Å². The average Bonchev–Trinajstić information content (AvgIpc) is 3.24. The lowest BCUT2D eigenvalue weighted by atomic mass is 9.93. The first-order valence-corrected chi connectivity index (χ1v) is 11.0. The first-order chi connectivity index (χ1) is 17.0. The van der Waals surface area contributed by atoms with Gasteiger partial charge in [0.1, 0.15) is 17.3 Å². The summed E-state index contributed by atoms with van der Waals surface area (Å²) in [5.74, 6) is -0.00864. The van der Waals surface area contributed by atoms with E-state index in [-0.39, 0.29) is 18.1 Å². The van der Waals surface area contributed by atoms with Gasteiger partial charge in [-0.1, -0.05) is 18.2 Å². The lowest BCUT2D eigenvalue weighted by molar-refractivity contribution is -0.123. The zero-order valence-corrected chi connectivity index (χ0v) is 19.3. The Hall–Kier alpha value is -4.40. The molecule has 1 heterocycles. The van der Waals surface area contributed by atoms with Crippen molar-refractivity contribution in [1.82, 2.24) is 5.43 Å². The number of carbonyl (C=O) groups excluding carboxylic acids is 3. The Morgan fingerprint density at radius 2 is 1.71 bits per heavy atom. The van der Waals surface area contributed by atoms with Crippen molar-refractivity contribution in [3.63, 3.8) is 0 Å². The molecule has 2 aromatic carbocycles. The van der Waals surface area contributed by atoms with Crippen LogP contribution in [0.25, 0.3) is 0 Å². The molecule has 3 aromatic rings. The SMILES string of the molecule is COC(=O)c1ccc(OC(=O)c2oc3c(c2C)/C(=N/NC(=O)COc2ccccc2)CCC3)cc1. The normalized spacial score (nSPS) is 13.6. The van der Waals surface area contributed by atoms with Gasteiger partial charge in [0.05, 0.1) is 18.4 Å². The number of furan rings is 1. The Balaban J connectivity index is 1.44. The Morgan fingerprint density at radius 1 is 0.971 bits per heavy atom. The number of hydrogen-bond donors (Lipinski definition) is 1. The summed E-state index contributed by atoms with van der Waals surface area (Å²) >= 11 is 0. The summed E-state index contributed by atoms with van der Waals surface area (Å²) < 4.78 is 21.3. The number of carbonyl (C=O) groups is 3. The number of nitrogens with zero attached hydrogens (tertiary/aromatic N) is 1. The van der Waals surface area contributed by atoms with Gasteiger partial charge in [-0.25, -0.2) is 15.0 Å². The van der Waals surface area contributed by atoms with Gasteiger partial charge in [0, 0.05) is 17.5 Å². The van der Waals surface area contributed by atoms with Crippen LogP contribution in [0.4, 0.5) is 0 Å². The molecule has 0 bridgehead atoms. The molecular weight excluding hydrogens is 452 g/mol. The van der Waals surface area contributed by atoms with Crippen LogP contribution in [0.15, 0.2) is 64.1 Å². The van der Waals surface area contributed by atoms with Crippen molar-refractivity contribution < 1.29 is 33.0 Å². The van der Waals surface area contributed by atoms with E-state index >= 15 is 0 Å². The van der Waals surface area contributed by atoms with Gasteiger partial charge in [-0.15, -0.1) is 0 Å². The van der Waals surface area contributed by atoms with Crippen LogP contribution in [0.3, 0.4) is 0 Å². The maximum Gasteiger partial charge on any atom is 0.379 e. The molecule has 9 heteroatoms. The molecule has 0 spiro atoms. The van der Waals surface area contributed by atoms with E-state index in [2.05, 4.69) is 15.3 Å². The molecular formula is C26H24N2O7. The number of hydrogen-bond acceptors (Lipinski definition) is 8. The zero-order valence-electron chi connectivity index (χ0n) is 19.3. The number of aryl methyl sites for hydroxylation is 1. The van der Waals surface area contributed by atoms with Crippen LogP contribution in [0, 0.1) is 6.92 Å². The number of fused-ring (bicyclic) bond motifs is 1. The summed E-state index contributed by atoms with van der Waals surface area (Å²) in [5.41, 5.74) is 4.77.